The van der Waals surface area contributed by atoms with Crippen LogP contribution >= 0.6 is 11.3 Å². The second-order valence-corrected chi connectivity index (χ2v) is 10.9. The fourth-order valence-electron chi connectivity index (χ4n) is 4.02. The Morgan fingerprint density at radius 3 is 2.68 bits per heavy atom. The van der Waals surface area contributed by atoms with Crippen molar-refractivity contribution >= 4 is 32.3 Å². The Balaban J connectivity index is 1.46. The minimum absolute atomic E-state index is 0.0237. The molecule has 0 fully saturated rings. The zero-order chi connectivity index (χ0) is 24.5. The van der Waals surface area contributed by atoms with Crippen molar-refractivity contribution in [3.63, 3.8) is 0 Å². The number of benzene rings is 2. The topological polar surface area (TPSA) is 116 Å². The van der Waals surface area contributed by atoms with Crippen molar-refractivity contribution in [3.8, 4) is 6.07 Å². The van der Waals surface area contributed by atoms with Crippen molar-refractivity contribution in [1.82, 2.24) is 4.90 Å². The van der Waals surface area contributed by atoms with E-state index in [1.54, 1.807) is 19.1 Å². The summed E-state index contributed by atoms with van der Waals surface area (Å²) in [6, 6.07) is 13.4. The predicted molar refractivity (Wildman–Crippen MR) is 128 cm³/mol. The minimum atomic E-state index is -3.80. The number of rotatable bonds is 6. The lowest BCUT2D eigenvalue weighted by molar-refractivity contribution is -0.115. The number of aryl methyl sites for hydroxylation is 1. The van der Waals surface area contributed by atoms with Crippen LogP contribution in [0.3, 0.4) is 0 Å². The lowest BCUT2D eigenvalue weighted by Gasteiger charge is -2.27. The van der Waals surface area contributed by atoms with Gasteiger partial charge in [-0.05, 0) is 42.2 Å². The standard InChI is InChI=1S/C24H23FN4O3S2/c1-15-3-2-4-17(23(15)25)13-29-10-9-19-20(12-26)24(33-21(19)14-29)28-22(30)11-16-5-7-18(8-6-16)34(27,31)32/h2-8H,9-11,13-14H2,1H3,(H,28,30)(H2,27,31,32). The number of nitrogens with two attached hydrogens (primary N) is 1. The molecule has 1 amide bonds. The number of fused-ring (bicyclic) bond motifs is 1. The molecule has 0 bridgehead atoms. The lowest BCUT2D eigenvalue weighted by atomic mass is 10.0. The lowest BCUT2D eigenvalue weighted by Crippen LogP contribution is -2.29. The number of primary sulfonamides is 1. The first kappa shape index (κ1) is 24.0. The van der Waals surface area contributed by atoms with Crippen LogP contribution in [0.1, 0.15) is 32.7 Å². The van der Waals surface area contributed by atoms with Crippen LogP contribution in [-0.2, 0) is 40.7 Å². The highest BCUT2D eigenvalue weighted by Gasteiger charge is 2.26. The Hall–Kier alpha value is -3.10. The Morgan fingerprint density at radius 2 is 2.00 bits per heavy atom. The molecule has 0 aliphatic carbocycles. The fraction of sp³-hybridized carbons (Fsp3) is 0.250. The monoisotopic (exact) mass is 498 g/mol. The van der Waals surface area contributed by atoms with Crippen molar-refractivity contribution in [2.45, 2.75) is 37.8 Å². The zero-order valence-corrected chi connectivity index (χ0v) is 20.1. The van der Waals surface area contributed by atoms with Crippen molar-refractivity contribution in [3.05, 3.63) is 81.0 Å². The molecule has 4 rings (SSSR count). The van der Waals surface area contributed by atoms with Gasteiger partial charge in [0, 0.05) is 30.1 Å². The quantitative estimate of drug-likeness (QED) is 0.540. The summed E-state index contributed by atoms with van der Waals surface area (Å²) in [5.41, 5.74) is 3.28. The molecule has 1 aliphatic heterocycles. The van der Waals surface area contributed by atoms with Gasteiger partial charge in [-0.3, -0.25) is 9.69 Å². The molecule has 0 atom stereocenters. The number of hydrogen-bond acceptors (Lipinski definition) is 6. The summed E-state index contributed by atoms with van der Waals surface area (Å²) in [4.78, 5) is 15.7. The average Bonchev–Trinajstić information content (AvgIpc) is 3.12. The Morgan fingerprint density at radius 1 is 1.26 bits per heavy atom. The Kier molecular flexibility index (Phi) is 6.81. The van der Waals surface area contributed by atoms with Gasteiger partial charge in [0.1, 0.15) is 16.9 Å². The number of nitrogens with zero attached hydrogens (tertiary/aromatic N) is 2. The van der Waals surface area contributed by atoms with Crippen molar-refractivity contribution in [2.24, 2.45) is 5.14 Å². The molecule has 176 valence electrons. The van der Waals surface area contributed by atoms with Crippen LogP contribution in [-0.4, -0.2) is 25.8 Å². The van der Waals surface area contributed by atoms with Gasteiger partial charge in [-0.15, -0.1) is 11.3 Å². The third-order valence-corrected chi connectivity index (χ3v) is 7.84. The summed E-state index contributed by atoms with van der Waals surface area (Å²) < 4.78 is 37.2. The number of nitrogens with one attached hydrogen (secondary N) is 1. The zero-order valence-electron chi connectivity index (χ0n) is 18.5. The number of hydrogen-bond donors (Lipinski definition) is 2. The summed E-state index contributed by atoms with van der Waals surface area (Å²) in [5, 5.41) is 18.1. The molecule has 0 spiro atoms. The number of nitriles is 1. The van der Waals surface area contributed by atoms with E-state index in [0.717, 1.165) is 10.4 Å². The molecule has 0 radical (unpaired) electrons. The molecule has 2 heterocycles. The van der Waals surface area contributed by atoms with Crippen molar-refractivity contribution < 1.29 is 17.6 Å². The molecule has 3 N–H and O–H groups in total. The van der Waals surface area contributed by atoms with Gasteiger partial charge in [-0.25, -0.2) is 17.9 Å². The molecule has 0 saturated heterocycles. The van der Waals surface area contributed by atoms with E-state index in [0.29, 0.717) is 53.3 Å². The average molecular weight is 499 g/mol. The maximum Gasteiger partial charge on any atom is 0.238 e. The summed E-state index contributed by atoms with van der Waals surface area (Å²) in [6.45, 7) is 3.49. The van der Waals surface area contributed by atoms with E-state index < -0.39 is 10.0 Å². The van der Waals surface area contributed by atoms with Gasteiger partial charge >= 0.3 is 0 Å². The van der Waals surface area contributed by atoms with E-state index in [1.165, 1.54) is 35.6 Å². The van der Waals surface area contributed by atoms with E-state index in [2.05, 4.69) is 16.3 Å². The van der Waals surface area contributed by atoms with Gasteiger partial charge < -0.3 is 5.32 Å². The molecule has 10 heteroatoms. The maximum absolute atomic E-state index is 14.4. The van der Waals surface area contributed by atoms with Gasteiger partial charge in [0.15, 0.2) is 0 Å². The Bertz CT molecular complexity index is 1390. The van der Waals surface area contributed by atoms with E-state index >= 15 is 0 Å². The number of carbonyl (C=O) groups is 1. The fourth-order valence-corrected chi connectivity index (χ4v) is 5.79. The number of halogens is 1. The predicted octanol–water partition coefficient (Wildman–Crippen LogP) is 3.45. The van der Waals surface area contributed by atoms with Crippen LogP contribution in [0.25, 0.3) is 0 Å². The van der Waals surface area contributed by atoms with Gasteiger partial charge in [0.25, 0.3) is 0 Å². The van der Waals surface area contributed by atoms with Crippen LogP contribution in [0.15, 0.2) is 47.4 Å². The molecule has 2 aromatic carbocycles. The summed E-state index contributed by atoms with van der Waals surface area (Å²) in [6.07, 6.45) is 0.671. The van der Waals surface area contributed by atoms with Crippen LogP contribution in [0.2, 0.25) is 0 Å². The largest absolute Gasteiger partial charge is 0.316 e. The third kappa shape index (κ3) is 5.18. The minimum Gasteiger partial charge on any atom is -0.316 e. The van der Waals surface area contributed by atoms with Gasteiger partial charge in [-0.1, -0.05) is 30.3 Å². The first-order chi connectivity index (χ1) is 16.2. The summed E-state index contributed by atoms with van der Waals surface area (Å²) in [7, 11) is -3.80. The highest BCUT2D eigenvalue weighted by atomic mass is 32.2. The van der Waals surface area contributed by atoms with Crippen LogP contribution in [0.4, 0.5) is 9.39 Å². The van der Waals surface area contributed by atoms with E-state index in [9.17, 15) is 22.9 Å². The van der Waals surface area contributed by atoms with Gasteiger partial charge in [0.2, 0.25) is 15.9 Å². The maximum atomic E-state index is 14.4. The Labute approximate surface area is 201 Å². The molecule has 0 saturated carbocycles. The SMILES string of the molecule is Cc1cccc(CN2CCc3c(sc(NC(=O)Cc4ccc(S(N)(=O)=O)cc4)c3C#N)C2)c1F. The van der Waals surface area contributed by atoms with E-state index in [4.69, 9.17) is 5.14 Å². The molecule has 1 aromatic heterocycles. The first-order valence-corrected chi connectivity index (χ1v) is 12.9. The number of carbonyl (C=O) groups excluding carboxylic acids is 1. The van der Waals surface area contributed by atoms with Crippen molar-refractivity contribution in [1.29, 1.82) is 5.26 Å². The summed E-state index contributed by atoms with van der Waals surface area (Å²) >= 11 is 1.37. The smallest absolute Gasteiger partial charge is 0.238 e. The summed E-state index contributed by atoms with van der Waals surface area (Å²) in [5.74, 6) is -0.501. The third-order valence-electron chi connectivity index (χ3n) is 5.78. The normalized spacial score (nSPS) is 13.8. The molecule has 7 nitrogen and oxygen atoms in total. The molecule has 3 aromatic rings. The molecule has 0 unspecified atom stereocenters. The van der Waals surface area contributed by atoms with Gasteiger partial charge in [0.05, 0.1) is 16.9 Å². The van der Waals surface area contributed by atoms with Crippen LogP contribution in [0, 0.1) is 24.1 Å². The number of sulfonamides is 1. The molecule has 1 aliphatic rings. The first-order valence-electron chi connectivity index (χ1n) is 10.6. The van der Waals surface area contributed by atoms with Crippen molar-refractivity contribution in [2.75, 3.05) is 11.9 Å². The van der Waals surface area contributed by atoms with Crippen LogP contribution in [0.5, 0.6) is 0 Å². The molecular weight excluding hydrogens is 475 g/mol. The van der Waals surface area contributed by atoms with Crippen LogP contribution < -0.4 is 10.5 Å². The number of anilines is 1. The number of amides is 1. The van der Waals surface area contributed by atoms with E-state index in [1.807, 2.05) is 6.07 Å². The highest BCUT2D eigenvalue weighted by Crippen LogP contribution is 2.37. The second kappa shape index (κ2) is 9.64. The second-order valence-electron chi connectivity index (χ2n) is 8.24. The molecule has 34 heavy (non-hydrogen) atoms. The highest BCUT2D eigenvalue weighted by molar-refractivity contribution is 7.89. The van der Waals surface area contributed by atoms with E-state index in [-0.39, 0.29) is 23.0 Å². The number of thiophene rings is 1. The molecular formula is C24H23FN4O3S2. The van der Waals surface area contributed by atoms with Gasteiger partial charge in [-0.2, -0.15) is 5.26 Å².